The molecule has 1 aromatic heterocycles. The molecule has 94 valence electrons. The van der Waals surface area contributed by atoms with E-state index in [-0.39, 0.29) is 0 Å². The molecule has 0 amide bonds. The van der Waals surface area contributed by atoms with Gasteiger partial charge in [0.25, 0.3) is 0 Å². The van der Waals surface area contributed by atoms with Gasteiger partial charge in [0.2, 0.25) is 0 Å². The van der Waals surface area contributed by atoms with Crippen LogP contribution in [0, 0.1) is 27.7 Å². The van der Waals surface area contributed by atoms with Gasteiger partial charge in [0.05, 0.1) is 6.20 Å². The Hall–Kier alpha value is -1.54. The van der Waals surface area contributed by atoms with Crippen molar-refractivity contribution >= 4 is 11.6 Å². The van der Waals surface area contributed by atoms with Crippen LogP contribution in [0.1, 0.15) is 22.3 Å². The van der Waals surface area contributed by atoms with Crippen molar-refractivity contribution in [1.82, 2.24) is 4.98 Å². The first-order valence-corrected chi connectivity index (χ1v) is 6.23. The van der Waals surface area contributed by atoms with Crippen molar-refractivity contribution in [3.8, 4) is 11.5 Å². The SMILES string of the molecule is Cc1cc(Cl)ncc1Oc1c(C)ccc(C)c1C. The Bertz CT molecular complexity index is 593. The van der Waals surface area contributed by atoms with Crippen molar-refractivity contribution in [2.24, 2.45) is 0 Å². The lowest BCUT2D eigenvalue weighted by Crippen LogP contribution is -1.95. The molecule has 2 rings (SSSR count). The Morgan fingerprint density at radius 2 is 1.67 bits per heavy atom. The van der Waals surface area contributed by atoms with Crippen LogP contribution in [0.15, 0.2) is 24.4 Å². The van der Waals surface area contributed by atoms with Gasteiger partial charge in [0.1, 0.15) is 16.7 Å². The van der Waals surface area contributed by atoms with Gasteiger partial charge in [0, 0.05) is 0 Å². The molecule has 0 aliphatic rings. The second kappa shape index (κ2) is 4.99. The summed E-state index contributed by atoms with van der Waals surface area (Å²) in [6, 6.07) is 5.97. The molecular weight excluding hydrogens is 246 g/mol. The van der Waals surface area contributed by atoms with E-state index in [4.69, 9.17) is 16.3 Å². The number of hydrogen-bond donors (Lipinski definition) is 0. The number of nitrogens with zero attached hydrogens (tertiary/aromatic N) is 1. The van der Waals surface area contributed by atoms with Crippen molar-refractivity contribution in [3.63, 3.8) is 0 Å². The molecule has 0 N–H and O–H groups in total. The first-order valence-electron chi connectivity index (χ1n) is 5.86. The van der Waals surface area contributed by atoms with E-state index in [0.717, 1.165) is 28.2 Å². The van der Waals surface area contributed by atoms with Gasteiger partial charge in [-0.2, -0.15) is 0 Å². The lowest BCUT2D eigenvalue weighted by molar-refractivity contribution is 0.468. The lowest BCUT2D eigenvalue weighted by Gasteiger charge is -2.14. The van der Waals surface area contributed by atoms with Gasteiger partial charge in [-0.3, -0.25) is 0 Å². The van der Waals surface area contributed by atoms with E-state index >= 15 is 0 Å². The molecule has 0 saturated carbocycles. The first-order chi connectivity index (χ1) is 8.49. The Morgan fingerprint density at radius 3 is 2.33 bits per heavy atom. The number of benzene rings is 1. The van der Waals surface area contributed by atoms with E-state index in [2.05, 4.69) is 31.0 Å². The first kappa shape index (κ1) is 12.9. The molecule has 0 saturated heterocycles. The molecule has 1 aromatic carbocycles. The molecule has 0 fully saturated rings. The molecule has 0 spiro atoms. The van der Waals surface area contributed by atoms with E-state index in [1.54, 1.807) is 12.3 Å². The van der Waals surface area contributed by atoms with Crippen molar-refractivity contribution in [2.45, 2.75) is 27.7 Å². The van der Waals surface area contributed by atoms with Crippen molar-refractivity contribution < 1.29 is 4.74 Å². The predicted octanol–water partition coefficient (Wildman–Crippen LogP) is 4.76. The third-order valence-electron chi connectivity index (χ3n) is 3.12. The largest absolute Gasteiger partial charge is 0.455 e. The second-order valence-corrected chi connectivity index (χ2v) is 4.92. The summed E-state index contributed by atoms with van der Waals surface area (Å²) in [5.74, 6) is 1.65. The van der Waals surface area contributed by atoms with Gasteiger partial charge in [-0.15, -0.1) is 0 Å². The molecule has 0 radical (unpaired) electrons. The van der Waals surface area contributed by atoms with E-state index in [1.165, 1.54) is 5.56 Å². The van der Waals surface area contributed by atoms with Crippen molar-refractivity contribution in [1.29, 1.82) is 0 Å². The van der Waals surface area contributed by atoms with Crippen molar-refractivity contribution in [3.05, 3.63) is 51.8 Å². The molecular formula is C15H16ClNO. The number of aryl methyl sites for hydroxylation is 3. The normalized spacial score (nSPS) is 10.5. The highest BCUT2D eigenvalue weighted by Crippen LogP contribution is 2.32. The second-order valence-electron chi connectivity index (χ2n) is 4.53. The summed E-state index contributed by atoms with van der Waals surface area (Å²) in [6.45, 7) is 8.15. The third-order valence-corrected chi connectivity index (χ3v) is 3.32. The Balaban J connectivity index is 2.43. The van der Waals surface area contributed by atoms with Crippen LogP contribution in [0.3, 0.4) is 0 Å². The molecule has 2 nitrogen and oxygen atoms in total. The van der Waals surface area contributed by atoms with Crippen LogP contribution in [0.5, 0.6) is 11.5 Å². The highest BCUT2D eigenvalue weighted by atomic mass is 35.5. The monoisotopic (exact) mass is 261 g/mol. The van der Waals surface area contributed by atoms with Crippen LogP contribution in [0.25, 0.3) is 0 Å². The predicted molar refractivity (Wildman–Crippen MR) is 74.7 cm³/mol. The molecule has 0 aliphatic heterocycles. The lowest BCUT2D eigenvalue weighted by atomic mass is 10.1. The fourth-order valence-electron chi connectivity index (χ4n) is 1.81. The summed E-state index contributed by atoms with van der Waals surface area (Å²) in [6.07, 6.45) is 1.67. The zero-order chi connectivity index (χ0) is 13.3. The van der Waals surface area contributed by atoms with Gasteiger partial charge in [-0.1, -0.05) is 23.7 Å². The zero-order valence-corrected chi connectivity index (χ0v) is 11.8. The third kappa shape index (κ3) is 2.49. The quantitative estimate of drug-likeness (QED) is 0.727. The highest BCUT2D eigenvalue weighted by molar-refractivity contribution is 6.29. The minimum Gasteiger partial charge on any atom is -0.455 e. The number of ether oxygens (including phenoxy) is 1. The fraction of sp³-hybridized carbons (Fsp3) is 0.267. The maximum absolute atomic E-state index is 5.99. The minimum atomic E-state index is 0.484. The maximum atomic E-state index is 5.99. The van der Waals surface area contributed by atoms with E-state index < -0.39 is 0 Å². The fourth-order valence-corrected chi connectivity index (χ4v) is 2.02. The van der Waals surface area contributed by atoms with Crippen molar-refractivity contribution in [2.75, 3.05) is 0 Å². The Labute approximate surface area is 113 Å². The van der Waals surface area contributed by atoms with Gasteiger partial charge in [0.15, 0.2) is 0 Å². The summed E-state index contributed by atoms with van der Waals surface area (Å²) in [5, 5.41) is 0.484. The summed E-state index contributed by atoms with van der Waals surface area (Å²) >= 11 is 5.84. The van der Waals surface area contributed by atoms with Crippen LogP contribution in [0.2, 0.25) is 5.15 Å². The maximum Gasteiger partial charge on any atom is 0.148 e. The standard InChI is InChI=1S/C15H16ClNO/c1-9-5-6-10(2)15(12(9)4)18-13-8-17-14(16)7-11(13)3/h5-8H,1-4H3. The molecule has 0 aliphatic carbocycles. The molecule has 1 heterocycles. The molecule has 0 unspecified atom stereocenters. The number of hydrogen-bond acceptors (Lipinski definition) is 2. The van der Waals surface area contributed by atoms with Crippen LogP contribution < -0.4 is 4.74 Å². The van der Waals surface area contributed by atoms with Gasteiger partial charge < -0.3 is 4.74 Å². The van der Waals surface area contributed by atoms with Crippen LogP contribution >= 0.6 is 11.6 Å². The van der Waals surface area contributed by atoms with E-state index in [1.807, 2.05) is 13.8 Å². The number of rotatable bonds is 2. The molecule has 3 heteroatoms. The highest BCUT2D eigenvalue weighted by Gasteiger charge is 2.09. The minimum absolute atomic E-state index is 0.484. The number of halogens is 1. The number of pyridine rings is 1. The summed E-state index contributed by atoms with van der Waals surface area (Å²) < 4.78 is 5.99. The zero-order valence-electron chi connectivity index (χ0n) is 11.0. The summed E-state index contributed by atoms with van der Waals surface area (Å²) in [7, 11) is 0. The average molecular weight is 262 g/mol. The van der Waals surface area contributed by atoms with Crippen LogP contribution in [-0.4, -0.2) is 4.98 Å². The molecule has 0 atom stereocenters. The molecule has 0 bridgehead atoms. The van der Waals surface area contributed by atoms with Gasteiger partial charge in [-0.25, -0.2) is 4.98 Å². The topological polar surface area (TPSA) is 22.1 Å². The van der Waals surface area contributed by atoms with Gasteiger partial charge >= 0.3 is 0 Å². The van der Waals surface area contributed by atoms with Crippen LogP contribution in [0.4, 0.5) is 0 Å². The van der Waals surface area contributed by atoms with E-state index in [9.17, 15) is 0 Å². The summed E-state index contributed by atoms with van der Waals surface area (Å²) in [4.78, 5) is 4.06. The Morgan fingerprint density at radius 1 is 1.00 bits per heavy atom. The van der Waals surface area contributed by atoms with Crippen LogP contribution in [-0.2, 0) is 0 Å². The number of aromatic nitrogens is 1. The molecule has 18 heavy (non-hydrogen) atoms. The summed E-state index contributed by atoms with van der Waals surface area (Å²) in [5.41, 5.74) is 4.47. The molecule has 2 aromatic rings. The average Bonchev–Trinajstić information content (AvgIpc) is 2.32. The van der Waals surface area contributed by atoms with Gasteiger partial charge in [-0.05, 0) is 56.0 Å². The smallest absolute Gasteiger partial charge is 0.148 e. The van der Waals surface area contributed by atoms with E-state index in [0.29, 0.717) is 5.15 Å². The Kier molecular flexibility index (Phi) is 3.58.